The molecule has 0 saturated carbocycles. The Hall–Kier alpha value is -1.62. The Kier molecular flexibility index (Phi) is 3.81. The van der Waals surface area contributed by atoms with Crippen LogP contribution in [-0.4, -0.2) is 50.6 Å². The van der Waals surface area contributed by atoms with Crippen LogP contribution in [0.1, 0.15) is 0 Å². The van der Waals surface area contributed by atoms with Gasteiger partial charge in [-0.15, -0.1) is 0 Å². The second-order valence-corrected chi connectivity index (χ2v) is 4.51. The van der Waals surface area contributed by atoms with Crippen LogP contribution in [0.3, 0.4) is 0 Å². The van der Waals surface area contributed by atoms with Gasteiger partial charge in [-0.05, 0) is 25.2 Å². The molecule has 2 rings (SSSR count). The van der Waals surface area contributed by atoms with Crippen molar-refractivity contribution in [1.29, 1.82) is 0 Å². The molecule has 1 aromatic rings. The summed E-state index contributed by atoms with van der Waals surface area (Å²) in [4.78, 5) is 15.8. The molecule has 1 aromatic carbocycles. The van der Waals surface area contributed by atoms with Crippen LogP contribution in [0.15, 0.2) is 24.3 Å². The SMILES string of the molecule is CNCC1C(=O)N(C)CCN1c1cccc(F)c1. The van der Waals surface area contributed by atoms with Crippen LogP contribution in [0.25, 0.3) is 0 Å². The minimum atomic E-state index is -0.276. The average molecular weight is 251 g/mol. The van der Waals surface area contributed by atoms with E-state index in [1.54, 1.807) is 18.0 Å². The maximum atomic E-state index is 13.3. The highest BCUT2D eigenvalue weighted by atomic mass is 19.1. The molecule has 0 bridgehead atoms. The van der Waals surface area contributed by atoms with Gasteiger partial charge < -0.3 is 15.1 Å². The van der Waals surface area contributed by atoms with Gasteiger partial charge in [0.15, 0.2) is 0 Å². The second-order valence-electron chi connectivity index (χ2n) is 4.51. The Morgan fingerprint density at radius 1 is 1.44 bits per heavy atom. The molecule has 0 aromatic heterocycles. The Bertz CT molecular complexity index is 438. The zero-order chi connectivity index (χ0) is 13.1. The molecule has 0 radical (unpaired) electrons. The molecule has 4 nitrogen and oxygen atoms in total. The normalized spacial score (nSPS) is 20.4. The first kappa shape index (κ1) is 12.8. The number of piperazine rings is 1. The molecule has 1 unspecified atom stereocenters. The first-order valence-electron chi connectivity index (χ1n) is 6.05. The van der Waals surface area contributed by atoms with Crippen molar-refractivity contribution in [2.45, 2.75) is 6.04 Å². The highest BCUT2D eigenvalue weighted by molar-refractivity contribution is 5.86. The molecule has 1 saturated heterocycles. The molecular weight excluding hydrogens is 233 g/mol. The van der Waals surface area contributed by atoms with Gasteiger partial charge in [-0.1, -0.05) is 6.07 Å². The zero-order valence-corrected chi connectivity index (χ0v) is 10.7. The van der Waals surface area contributed by atoms with Crippen molar-refractivity contribution in [2.75, 3.05) is 38.6 Å². The Morgan fingerprint density at radius 2 is 2.22 bits per heavy atom. The molecule has 0 spiro atoms. The van der Waals surface area contributed by atoms with Gasteiger partial charge in [-0.25, -0.2) is 4.39 Å². The van der Waals surface area contributed by atoms with E-state index in [0.29, 0.717) is 13.1 Å². The fourth-order valence-corrected chi connectivity index (χ4v) is 2.27. The van der Waals surface area contributed by atoms with Crippen molar-refractivity contribution in [1.82, 2.24) is 10.2 Å². The lowest BCUT2D eigenvalue weighted by Crippen LogP contribution is -2.59. The Labute approximate surface area is 106 Å². The van der Waals surface area contributed by atoms with Gasteiger partial charge in [-0.3, -0.25) is 4.79 Å². The smallest absolute Gasteiger partial charge is 0.246 e. The van der Waals surface area contributed by atoms with Crippen LogP contribution < -0.4 is 10.2 Å². The summed E-state index contributed by atoms with van der Waals surface area (Å²) >= 11 is 0. The van der Waals surface area contributed by atoms with E-state index in [9.17, 15) is 9.18 Å². The number of rotatable bonds is 3. The Morgan fingerprint density at radius 3 is 2.89 bits per heavy atom. The van der Waals surface area contributed by atoms with E-state index < -0.39 is 0 Å². The van der Waals surface area contributed by atoms with Crippen LogP contribution in [0, 0.1) is 5.82 Å². The number of carbonyl (C=O) groups excluding carboxylic acids is 1. The van der Waals surface area contributed by atoms with E-state index in [0.717, 1.165) is 12.2 Å². The third-order valence-corrected chi connectivity index (χ3v) is 3.25. The minimum Gasteiger partial charge on any atom is -0.357 e. The van der Waals surface area contributed by atoms with Gasteiger partial charge >= 0.3 is 0 Å². The first-order chi connectivity index (χ1) is 8.63. The lowest BCUT2D eigenvalue weighted by molar-refractivity contribution is -0.132. The molecule has 18 heavy (non-hydrogen) atoms. The summed E-state index contributed by atoms with van der Waals surface area (Å²) in [6.07, 6.45) is 0. The van der Waals surface area contributed by atoms with E-state index in [1.807, 2.05) is 18.0 Å². The summed E-state index contributed by atoms with van der Waals surface area (Å²) in [6.45, 7) is 1.94. The number of hydrogen-bond acceptors (Lipinski definition) is 3. The summed E-state index contributed by atoms with van der Waals surface area (Å²) in [5, 5.41) is 3.02. The molecule has 1 aliphatic rings. The summed E-state index contributed by atoms with van der Waals surface area (Å²) in [5.74, 6) is -0.207. The minimum absolute atomic E-state index is 0.0693. The molecule has 98 valence electrons. The quantitative estimate of drug-likeness (QED) is 0.858. The summed E-state index contributed by atoms with van der Waals surface area (Å²) in [5.41, 5.74) is 0.761. The predicted molar refractivity (Wildman–Crippen MR) is 69.1 cm³/mol. The largest absolute Gasteiger partial charge is 0.357 e. The van der Waals surface area contributed by atoms with Gasteiger partial charge in [0.1, 0.15) is 11.9 Å². The highest BCUT2D eigenvalue weighted by Crippen LogP contribution is 2.21. The van der Waals surface area contributed by atoms with Crippen molar-refractivity contribution in [3.8, 4) is 0 Å². The van der Waals surface area contributed by atoms with Crippen molar-refractivity contribution >= 4 is 11.6 Å². The Balaban J connectivity index is 2.27. The maximum Gasteiger partial charge on any atom is 0.246 e. The number of anilines is 1. The number of nitrogens with zero attached hydrogens (tertiary/aromatic N) is 2. The first-order valence-corrected chi connectivity index (χ1v) is 6.05. The molecule has 1 fully saturated rings. The molecule has 1 amide bonds. The van der Waals surface area contributed by atoms with Crippen molar-refractivity contribution in [3.63, 3.8) is 0 Å². The number of carbonyl (C=O) groups is 1. The third kappa shape index (κ3) is 2.46. The van der Waals surface area contributed by atoms with Gasteiger partial charge in [0.25, 0.3) is 0 Å². The zero-order valence-electron chi connectivity index (χ0n) is 10.7. The number of hydrogen-bond donors (Lipinski definition) is 1. The fourth-order valence-electron chi connectivity index (χ4n) is 2.27. The average Bonchev–Trinajstić information content (AvgIpc) is 2.35. The number of nitrogens with one attached hydrogen (secondary N) is 1. The number of halogens is 1. The highest BCUT2D eigenvalue weighted by Gasteiger charge is 2.32. The van der Waals surface area contributed by atoms with Crippen LogP contribution >= 0.6 is 0 Å². The van der Waals surface area contributed by atoms with Crippen molar-refractivity contribution in [3.05, 3.63) is 30.1 Å². The molecular formula is C13H18FN3O. The van der Waals surface area contributed by atoms with E-state index in [4.69, 9.17) is 0 Å². The summed E-state index contributed by atoms with van der Waals surface area (Å²) in [7, 11) is 3.61. The number of likely N-dealkylation sites (N-methyl/N-ethyl adjacent to an activating group) is 2. The molecule has 5 heteroatoms. The summed E-state index contributed by atoms with van der Waals surface area (Å²) in [6, 6.07) is 6.12. The van der Waals surface area contributed by atoms with Crippen molar-refractivity contribution in [2.24, 2.45) is 0 Å². The van der Waals surface area contributed by atoms with Gasteiger partial charge in [-0.2, -0.15) is 0 Å². The van der Waals surface area contributed by atoms with Crippen LogP contribution in [0.2, 0.25) is 0 Å². The number of benzene rings is 1. The molecule has 1 atom stereocenters. The number of amides is 1. The van der Waals surface area contributed by atoms with E-state index in [1.165, 1.54) is 12.1 Å². The molecule has 1 N–H and O–H groups in total. The topological polar surface area (TPSA) is 35.6 Å². The predicted octanol–water partition coefficient (Wildman–Crippen LogP) is 0.692. The van der Waals surface area contributed by atoms with Crippen LogP contribution in [0.5, 0.6) is 0 Å². The van der Waals surface area contributed by atoms with E-state index in [2.05, 4.69) is 5.32 Å². The van der Waals surface area contributed by atoms with Crippen LogP contribution in [0.4, 0.5) is 10.1 Å². The van der Waals surface area contributed by atoms with Gasteiger partial charge in [0, 0.05) is 32.4 Å². The third-order valence-electron chi connectivity index (χ3n) is 3.25. The molecule has 0 aliphatic carbocycles. The van der Waals surface area contributed by atoms with Crippen molar-refractivity contribution < 1.29 is 9.18 Å². The van der Waals surface area contributed by atoms with Gasteiger partial charge in [0.2, 0.25) is 5.91 Å². The van der Waals surface area contributed by atoms with Crippen LogP contribution in [-0.2, 0) is 4.79 Å². The molecule has 1 heterocycles. The van der Waals surface area contributed by atoms with E-state index in [-0.39, 0.29) is 17.8 Å². The lowest BCUT2D eigenvalue weighted by Gasteiger charge is -2.40. The second kappa shape index (κ2) is 5.35. The fraction of sp³-hybridized carbons (Fsp3) is 0.462. The maximum absolute atomic E-state index is 13.3. The summed E-state index contributed by atoms with van der Waals surface area (Å²) < 4.78 is 13.3. The monoisotopic (exact) mass is 251 g/mol. The lowest BCUT2D eigenvalue weighted by atomic mass is 10.1. The molecule has 1 aliphatic heterocycles. The standard InChI is InChI=1S/C13H18FN3O/c1-15-9-12-13(18)16(2)6-7-17(12)11-5-3-4-10(14)8-11/h3-5,8,12,15H,6-7,9H2,1-2H3. The van der Waals surface area contributed by atoms with Gasteiger partial charge in [0.05, 0.1) is 0 Å². The van der Waals surface area contributed by atoms with E-state index >= 15 is 0 Å².